The largest absolute Gasteiger partial charge is 0.385 e. The van der Waals surface area contributed by atoms with Crippen molar-refractivity contribution in [3.05, 3.63) is 29.8 Å². The molecular formula is C15H27IN4O3S. The van der Waals surface area contributed by atoms with E-state index in [1.807, 2.05) is 6.07 Å². The Balaban J connectivity index is 0.00000529. The third-order valence-electron chi connectivity index (χ3n) is 3.22. The Morgan fingerprint density at radius 2 is 1.92 bits per heavy atom. The van der Waals surface area contributed by atoms with Gasteiger partial charge in [-0.3, -0.25) is 4.99 Å². The van der Waals surface area contributed by atoms with Crippen molar-refractivity contribution in [1.82, 2.24) is 14.9 Å². The molecule has 0 aliphatic heterocycles. The van der Waals surface area contributed by atoms with E-state index in [-0.39, 0.29) is 24.0 Å². The number of benzene rings is 1. The highest BCUT2D eigenvalue weighted by molar-refractivity contribution is 14.0. The number of ether oxygens (including phenoxy) is 1. The van der Waals surface area contributed by atoms with Gasteiger partial charge in [-0.2, -0.15) is 0 Å². The van der Waals surface area contributed by atoms with Crippen LogP contribution in [0, 0.1) is 0 Å². The van der Waals surface area contributed by atoms with E-state index in [2.05, 4.69) is 15.6 Å². The van der Waals surface area contributed by atoms with Crippen LogP contribution >= 0.6 is 24.0 Å². The van der Waals surface area contributed by atoms with Crippen LogP contribution in [0.1, 0.15) is 12.0 Å². The number of halogens is 1. The Morgan fingerprint density at radius 3 is 2.50 bits per heavy atom. The van der Waals surface area contributed by atoms with Crippen LogP contribution in [0.5, 0.6) is 0 Å². The number of rotatable bonds is 8. The van der Waals surface area contributed by atoms with Crippen molar-refractivity contribution in [3.8, 4) is 0 Å². The molecule has 0 atom stereocenters. The molecule has 0 aromatic heterocycles. The minimum Gasteiger partial charge on any atom is -0.385 e. The molecule has 1 rings (SSSR count). The number of guanidine groups is 1. The number of nitrogens with zero attached hydrogens (tertiary/aromatic N) is 2. The average Bonchev–Trinajstić information content (AvgIpc) is 2.54. The van der Waals surface area contributed by atoms with Crippen LogP contribution in [0.15, 0.2) is 34.2 Å². The van der Waals surface area contributed by atoms with Gasteiger partial charge >= 0.3 is 0 Å². The summed E-state index contributed by atoms with van der Waals surface area (Å²) in [5, 5.41) is 6.28. The number of nitrogens with one attached hydrogen (secondary N) is 2. The lowest BCUT2D eigenvalue weighted by molar-refractivity contribution is 0.195. The highest BCUT2D eigenvalue weighted by atomic mass is 127. The second-order valence-electron chi connectivity index (χ2n) is 5.09. The second kappa shape index (κ2) is 11.6. The van der Waals surface area contributed by atoms with E-state index in [4.69, 9.17) is 4.74 Å². The molecular weight excluding hydrogens is 443 g/mol. The van der Waals surface area contributed by atoms with E-state index in [0.717, 1.165) is 13.0 Å². The third-order valence-corrected chi connectivity index (χ3v) is 5.13. The monoisotopic (exact) mass is 470 g/mol. The van der Waals surface area contributed by atoms with Crippen LogP contribution in [-0.2, 0) is 21.3 Å². The van der Waals surface area contributed by atoms with E-state index in [9.17, 15) is 8.42 Å². The molecule has 0 fully saturated rings. The van der Waals surface area contributed by atoms with Crippen LogP contribution in [-0.4, -0.2) is 60.1 Å². The standard InChI is InChI=1S/C15H26N4O3S.HI/c1-16-15(17-10-7-11-22-4)18-12-13-8-5-6-9-14(13)23(20,21)19(2)3;/h5-6,8-9H,7,10-12H2,1-4H3,(H2,16,17,18);1H. The first-order valence-electron chi connectivity index (χ1n) is 7.37. The molecule has 138 valence electrons. The lowest BCUT2D eigenvalue weighted by Crippen LogP contribution is -2.38. The molecule has 9 heteroatoms. The van der Waals surface area contributed by atoms with Crippen molar-refractivity contribution in [3.63, 3.8) is 0 Å². The zero-order valence-corrected chi connectivity index (χ0v) is 17.7. The third kappa shape index (κ3) is 6.91. The smallest absolute Gasteiger partial charge is 0.242 e. The predicted molar refractivity (Wildman–Crippen MR) is 107 cm³/mol. The first kappa shape index (κ1) is 23.1. The Morgan fingerprint density at radius 1 is 1.25 bits per heavy atom. The highest BCUT2D eigenvalue weighted by Crippen LogP contribution is 2.18. The van der Waals surface area contributed by atoms with Gasteiger partial charge in [-0.25, -0.2) is 12.7 Å². The fourth-order valence-corrected chi connectivity index (χ4v) is 3.04. The van der Waals surface area contributed by atoms with Gasteiger partial charge in [0, 0.05) is 47.9 Å². The van der Waals surface area contributed by atoms with E-state index < -0.39 is 10.0 Å². The summed E-state index contributed by atoms with van der Waals surface area (Å²) >= 11 is 0. The molecule has 0 amide bonds. The Labute approximate surface area is 161 Å². The summed E-state index contributed by atoms with van der Waals surface area (Å²) in [5.41, 5.74) is 0.695. The number of methoxy groups -OCH3 is 1. The van der Waals surface area contributed by atoms with Crippen molar-refractivity contribution < 1.29 is 13.2 Å². The van der Waals surface area contributed by atoms with E-state index in [1.54, 1.807) is 32.4 Å². The quantitative estimate of drug-likeness (QED) is 0.259. The van der Waals surface area contributed by atoms with Crippen LogP contribution < -0.4 is 10.6 Å². The van der Waals surface area contributed by atoms with Gasteiger partial charge < -0.3 is 15.4 Å². The van der Waals surface area contributed by atoms with Crippen LogP contribution in [0.25, 0.3) is 0 Å². The molecule has 0 radical (unpaired) electrons. The fraction of sp³-hybridized carbons (Fsp3) is 0.533. The van der Waals surface area contributed by atoms with Crippen LogP contribution in [0.3, 0.4) is 0 Å². The van der Waals surface area contributed by atoms with Crippen LogP contribution in [0.4, 0.5) is 0 Å². The molecule has 1 aromatic rings. The predicted octanol–water partition coefficient (Wildman–Crippen LogP) is 1.26. The maximum Gasteiger partial charge on any atom is 0.242 e. The van der Waals surface area contributed by atoms with Crippen molar-refractivity contribution in [1.29, 1.82) is 0 Å². The molecule has 7 nitrogen and oxygen atoms in total. The van der Waals surface area contributed by atoms with E-state index >= 15 is 0 Å². The summed E-state index contributed by atoms with van der Waals surface area (Å²) in [6.07, 6.45) is 0.864. The molecule has 0 bridgehead atoms. The van der Waals surface area contributed by atoms with Gasteiger partial charge in [0.25, 0.3) is 0 Å². The topological polar surface area (TPSA) is 83.0 Å². The van der Waals surface area contributed by atoms with Gasteiger partial charge in [-0.15, -0.1) is 24.0 Å². The van der Waals surface area contributed by atoms with Gasteiger partial charge in [-0.05, 0) is 18.1 Å². The zero-order chi connectivity index (χ0) is 17.3. The van der Waals surface area contributed by atoms with Gasteiger partial charge in [0.15, 0.2) is 5.96 Å². The maximum atomic E-state index is 12.3. The molecule has 0 aliphatic carbocycles. The minimum atomic E-state index is -3.47. The SMILES string of the molecule is CN=C(NCCCOC)NCc1ccccc1S(=O)(=O)N(C)C.I. The summed E-state index contributed by atoms with van der Waals surface area (Å²) in [6, 6.07) is 6.95. The average molecular weight is 470 g/mol. The summed E-state index contributed by atoms with van der Waals surface area (Å²) in [4.78, 5) is 4.42. The molecule has 24 heavy (non-hydrogen) atoms. The zero-order valence-electron chi connectivity index (χ0n) is 14.6. The molecule has 1 aromatic carbocycles. The lowest BCUT2D eigenvalue weighted by atomic mass is 10.2. The van der Waals surface area contributed by atoms with Crippen molar-refractivity contribution in [2.24, 2.45) is 4.99 Å². The van der Waals surface area contributed by atoms with Crippen molar-refractivity contribution in [2.75, 3.05) is 41.4 Å². The Hall–Kier alpha value is -0.910. The van der Waals surface area contributed by atoms with E-state index in [1.165, 1.54) is 18.4 Å². The fourth-order valence-electron chi connectivity index (χ4n) is 1.92. The normalized spacial score (nSPS) is 12.0. The number of hydrogen-bond donors (Lipinski definition) is 2. The summed E-state index contributed by atoms with van der Waals surface area (Å²) in [6.45, 7) is 1.77. The highest BCUT2D eigenvalue weighted by Gasteiger charge is 2.20. The van der Waals surface area contributed by atoms with Gasteiger partial charge in [0.05, 0.1) is 4.90 Å². The summed E-state index contributed by atoms with van der Waals surface area (Å²) in [5.74, 6) is 0.623. The molecule has 0 heterocycles. The molecule has 2 N–H and O–H groups in total. The molecule has 0 unspecified atom stereocenters. The number of hydrogen-bond acceptors (Lipinski definition) is 4. The van der Waals surface area contributed by atoms with Crippen molar-refractivity contribution in [2.45, 2.75) is 17.9 Å². The van der Waals surface area contributed by atoms with Crippen LogP contribution in [0.2, 0.25) is 0 Å². The molecule has 0 aliphatic rings. The van der Waals surface area contributed by atoms with Crippen molar-refractivity contribution >= 4 is 40.0 Å². The molecule has 0 spiro atoms. The first-order chi connectivity index (χ1) is 10.9. The second-order valence-corrected chi connectivity index (χ2v) is 7.21. The first-order valence-corrected chi connectivity index (χ1v) is 8.81. The minimum absolute atomic E-state index is 0. The molecule has 0 saturated heterocycles. The van der Waals surface area contributed by atoms with Gasteiger partial charge in [0.1, 0.15) is 0 Å². The summed E-state index contributed by atoms with van der Waals surface area (Å²) in [7, 11) is 2.91. The van der Waals surface area contributed by atoms with E-state index in [0.29, 0.717) is 29.6 Å². The Kier molecular flexibility index (Phi) is 11.2. The summed E-state index contributed by atoms with van der Waals surface area (Å²) < 4.78 is 30.9. The van der Waals surface area contributed by atoms with Gasteiger partial charge in [-0.1, -0.05) is 18.2 Å². The maximum absolute atomic E-state index is 12.3. The van der Waals surface area contributed by atoms with Gasteiger partial charge in [0.2, 0.25) is 10.0 Å². The lowest BCUT2D eigenvalue weighted by Gasteiger charge is -2.16. The number of aliphatic imine (C=N–C) groups is 1. The molecule has 0 saturated carbocycles. The Bertz CT molecular complexity index is 621. The number of sulfonamides is 1.